The van der Waals surface area contributed by atoms with E-state index in [0.29, 0.717) is 19.4 Å². The number of amides is 2. The summed E-state index contributed by atoms with van der Waals surface area (Å²) in [6.07, 6.45) is 2.30. The summed E-state index contributed by atoms with van der Waals surface area (Å²) in [4.78, 5) is 24.6. The number of hydrogen-bond acceptors (Lipinski definition) is 3. The zero-order valence-corrected chi connectivity index (χ0v) is 13.5. The van der Waals surface area contributed by atoms with Crippen LogP contribution < -0.4 is 5.32 Å². The second-order valence-electron chi connectivity index (χ2n) is 5.96. The average molecular weight is 302 g/mol. The SMILES string of the molecule is CC(CCCNC(=O)N1CCSC(C)(C)CC1)C(=O)O. The molecule has 0 aromatic carbocycles. The van der Waals surface area contributed by atoms with Gasteiger partial charge in [-0.1, -0.05) is 20.8 Å². The number of carboxylic acids is 1. The minimum absolute atomic E-state index is 0.0220. The second-order valence-corrected chi connectivity index (χ2v) is 7.76. The average Bonchev–Trinajstić information content (AvgIpc) is 2.55. The summed E-state index contributed by atoms with van der Waals surface area (Å²) < 4.78 is 0.242. The van der Waals surface area contributed by atoms with Gasteiger partial charge in [-0.2, -0.15) is 11.8 Å². The molecule has 2 N–H and O–H groups in total. The molecule has 0 aliphatic carbocycles. The van der Waals surface area contributed by atoms with Crippen LogP contribution in [0.3, 0.4) is 0 Å². The Morgan fingerprint density at radius 2 is 2.10 bits per heavy atom. The molecule has 0 saturated carbocycles. The maximum atomic E-state index is 12.0. The van der Waals surface area contributed by atoms with Crippen molar-refractivity contribution in [3.05, 3.63) is 0 Å². The molecule has 6 heteroatoms. The standard InChI is InChI=1S/C14H26N2O3S/c1-11(12(17)18)5-4-7-15-13(19)16-8-6-14(2,3)20-10-9-16/h11H,4-10H2,1-3H3,(H,15,19)(H,17,18). The lowest BCUT2D eigenvalue weighted by atomic mass is 10.1. The molecule has 1 rings (SSSR count). The van der Waals surface area contributed by atoms with E-state index in [1.165, 1.54) is 0 Å². The molecule has 1 atom stereocenters. The minimum Gasteiger partial charge on any atom is -0.481 e. The third-order valence-electron chi connectivity index (χ3n) is 3.64. The van der Waals surface area contributed by atoms with Gasteiger partial charge in [-0.15, -0.1) is 0 Å². The fourth-order valence-corrected chi connectivity index (χ4v) is 3.16. The molecule has 0 aromatic rings. The fourth-order valence-electron chi connectivity index (χ4n) is 2.06. The zero-order chi connectivity index (χ0) is 15.2. The molecular formula is C14H26N2O3S. The smallest absolute Gasteiger partial charge is 0.317 e. The van der Waals surface area contributed by atoms with E-state index >= 15 is 0 Å². The molecule has 0 aromatic heterocycles. The Morgan fingerprint density at radius 1 is 1.40 bits per heavy atom. The van der Waals surface area contributed by atoms with E-state index in [0.717, 1.165) is 25.3 Å². The van der Waals surface area contributed by atoms with Gasteiger partial charge >= 0.3 is 12.0 Å². The van der Waals surface area contributed by atoms with Crippen LogP contribution in [0.15, 0.2) is 0 Å². The molecule has 116 valence electrons. The number of nitrogens with one attached hydrogen (secondary N) is 1. The first-order chi connectivity index (χ1) is 9.32. The predicted octanol–water partition coefficient (Wildman–Crippen LogP) is 2.41. The summed E-state index contributed by atoms with van der Waals surface area (Å²) in [6, 6.07) is -0.0220. The summed E-state index contributed by atoms with van der Waals surface area (Å²) in [5.41, 5.74) is 0. The lowest BCUT2D eigenvalue weighted by molar-refractivity contribution is -0.141. The normalized spacial score (nSPS) is 20.1. The van der Waals surface area contributed by atoms with E-state index in [4.69, 9.17) is 5.11 Å². The van der Waals surface area contributed by atoms with Crippen molar-refractivity contribution in [1.29, 1.82) is 0 Å². The molecule has 0 radical (unpaired) electrons. The third kappa shape index (κ3) is 6.03. The number of urea groups is 1. The highest BCUT2D eigenvalue weighted by molar-refractivity contribution is 8.00. The van der Waals surface area contributed by atoms with Crippen LogP contribution in [0.25, 0.3) is 0 Å². The topological polar surface area (TPSA) is 69.6 Å². The Balaban J connectivity index is 2.24. The van der Waals surface area contributed by atoms with Gasteiger partial charge in [0, 0.05) is 30.1 Å². The van der Waals surface area contributed by atoms with E-state index in [9.17, 15) is 9.59 Å². The molecule has 20 heavy (non-hydrogen) atoms. The van der Waals surface area contributed by atoms with Gasteiger partial charge in [0.15, 0.2) is 0 Å². The van der Waals surface area contributed by atoms with Gasteiger partial charge in [0.2, 0.25) is 0 Å². The minimum atomic E-state index is -0.775. The van der Waals surface area contributed by atoms with Crippen molar-refractivity contribution in [1.82, 2.24) is 10.2 Å². The van der Waals surface area contributed by atoms with E-state index in [-0.39, 0.29) is 16.7 Å². The van der Waals surface area contributed by atoms with Gasteiger partial charge in [-0.25, -0.2) is 4.79 Å². The Hall–Kier alpha value is -0.910. The largest absolute Gasteiger partial charge is 0.481 e. The summed E-state index contributed by atoms with van der Waals surface area (Å²) in [5, 5.41) is 11.7. The molecule has 1 unspecified atom stereocenters. The number of hydrogen-bond donors (Lipinski definition) is 2. The van der Waals surface area contributed by atoms with Crippen molar-refractivity contribution in [3.8, 4) is 0 Å². The number of carboxylic acid groups (broad SMARTS) is 1. The molecule has 1 heterocycles. The maximum absolute atomic E-state index is 12.0. The van der Waals surface area contributed by atoms with Gasteiger partial charge in [-0.3, -0.25) is 4.79 Å². The summed E-state index contributed by atoms with van der Waals surface area (Å²) >= 11 is 1.91. The van der Waals surface area contributed by atoms with Crippen LogP contribution in [-0.4, -0.2) is 52.1 Å². The molecule has 1 saturated heterocycles. The van der Waals surface area contributed by atoms with Crippen LogP contribution in [0, 0.1) is 5.92 Å². The van der Waals surface area contributed by atoms with Gasteiger partial charge < -0.3 is 15.3 Å². The molecule has 0 bridgehead atoms. The van der Waals surface area contributed by atoms with Crippen molar-refractivity contribution in [3.63, 3.8) is 0 Å². The van der Waals surface area contributed by atoms with Gasteiger partial charge in [-0.05, 0) is 19.3 Å². The highest BCUT2D eigenvalue weighted by Crippen LogP contribution is 2.30. The highest BCUT2D eigenvalue weighted by Gasteiger charge is 2.25. The Bertz CT molecular complexity index is 347. The van der Waals surface area contributed by atoms with E-state index < -0.39 is 5.97 Å². The third-order valence-corrected chi connectivity index (χ3v) is 5.01. The molecular weight excluding hydrogens is 276 g/mol. The molecule has 0 spiro atoms. The molecule has 1 aliphatic heterocycles. The molecule has 2 amide bonds. The first kappa shape index (κ1) is 17.1. The number of carbonyl (C=O) groups excluding carboxylic acids is 1. The molecule has 5 nitrogen and oxygen atoms in total. The first-order valence-corrected chi connectivity index (χ1v) is 8.20. The Labute approximate surface area is 125 Å². The number of thioether (sulfide) groups is 1. The number of carbonyl (C=O) groups is 2. The van der Waals surface area contributed by atoms with Crippen molar-refractivity contribution < 1.29 is 14.7 Å². The van der Waals surface area contributed by atoms with Crippen LogP contribution in [0.2, 0.25) is 0 Å². The van der Waals surface area contributed by atoms with Crippen molar-refractivity contribution in [2.45, 2.75) is 44.8 Å². The van der Waals surface area contributed by atoms with Crippen LogP contribution in [0.1, 0.15) is 40.0 Å². The lowest BCUT2D eigenvalue weighted by Gasteiger charge is -2.23. The molecule has 1 aliphatic rings. The van der Waals surface area contributed by atoms with Crippen molar-refractivity contribution in [2.75, 3.05) is 25.4 Å². The van der Waals surface area contributed by atoms with Crippen LogP contribution in [0.5, 0.6) is 0 Å². The van der Waals surface area contributed by atoms with Gasteiger partial charge in [0.25, 0.3) is 0 Å². The number of aliphatic carboxylic acids is 1. The van der Waals surface area contributed by atoms with Crippen LogP contribution in [0.4, 0.5) is 4.79 Å². The number of nitrogens with zero attached hydrogens (tertiary/aromatic N) is 1. The second kappa shape index (κ2) is 7.76. The highest BCUT2D eigenvalue weighted by atomic mass is 32.2. The predicted molar refractivity (Wildman–Crippen MR) is 82.2 cm³/mol. The van der Waals surface area contributed by atoms with Crippen molar-refractivity contribution >= 4 is 23.8 Å². The van der Waals surface area contributed by atoms with E-state index in [2.05, 4.69) is 19.2 Å². The number of rotatable bonds is 5. The lowest BCUT2D eigenvalue weighted by Crippen LogP contribution is -2.41. The Kier molecular flexibility index (Phi) is 6.65. The van der Waals surface area contributed by atoms with Crippen LogP contribution in [-0.2, 0) is 4.79 Å². The van der Waals surface area contributed by atoms with E-state index in [1.807, 2.05) is 16.7 Å². The van der Waals surface area contributed by atoms with Gasteiger partial charge in [0.1, 0.15) is 0 Å². The zero-order valence-electron chi connectivity index (χ0n) is 12.6. The summed E-state index contributed by atoms with van der Waals surface area (Å²) in [6.45, 7) is 8.24. The molecule has 1 fully saturated rings. The fraction of sp³-hybridized carbons (Fsp3) is 0.857. The maximum Gasteiger partial charge on any atom is 0.317 e. The quantitative estimate of drug-likeness (QED) is 0.765. The Morgan fingerprint density at radius 3 is 2.75 bits per heavy atom. The van der Waals surface area contributed by atoms with Crippen molar-refractivity contribution in [2.24, 2.45) is 5.92 Å². The van der Waals surface area contributed by atoms with Gasteiger partial charge in [0.05, 0.1) is 5.92 Å². The summed E-state index contributed by atoms with van der Waals surface area (Å²) in [7, 11) is 0. The summed E-state index contributed by atoms with van der Waals surface area (Å²) in [5.74, 6) is -0.151. The first-order valence-electron chi connectivity index (χ1n) is 7.21. The van der Waals surface area contributed by atoms with E-state index in [1.54, 1.807) is 6.92 Å². The monoisotopic (exact) mass is 302 g/mol. The van der Waals surface area contributed by atoms with Crippen LogP contribution >= 0.6 is 11.8 Å².